The van der Waals surface area contributed by atoms with Crippen molar-refractivity contribution in [1.29, 1.82) is 0 Å². The average Bonchev–Trinajstić information content (AvgIpc) is 3.02. The molecule has 6 heteroatoms. The first-order valence-electron chi connectivity index (χ1n) is 7.03. The maximum atomic E-state index is 12.2. The van der Waals surface area contributed by atoms with Crippen LogP contribution in [0.15, 0.2) is 0 Å². The maximum Gasteiger partial charge on any atom is 0.389 e. The molecule has 0 aromatic carbocycles. The summed E-state index contributed by atoms with van der Waals surface area (Å²) in [6.45, 7) is 2.49. The number of alkyl halides is 3. The Morgan fingerprint density at radius 2 is 2.05 bits per heavy atom. The summed E-state index contributed by atoms with van der Waals surface area (Å²) in [4.78, 5) is 14.0. The zero-order valence-electron chi connectivity index (χ0n) is 11.2. The van der Waals surface area contributed by atoms with E-state index in [0.717, 1.165) is 25.7 Å². The van der Waals surface area contributed by atoms with Gasteiger partial charge in [-0.3, -0.25) is 10.1 Å². The first-order valence-corrected chi connectivity index (χ1v) is 7.03. The van der Waals surface area contributed by atoms with Gasteiger partial charge in [-0.2, -0.15) is 13.2 Å². The van der Waals surface area contributed by atoms with Crippen molar-refractivity contribution in [2.24, 2.45) is 0 Å². The largest absolute Gasteiger partial charge is 0.389 e. The van der Waals surface area contributed by atoms with Crippen LogP contribution in [-0.4, -0.2) is 35.2 Å². The molecule has 1 aliphatic carbocycles. The van der Waals surface area contributed by atoms with Crippen molar-refractivity contribution in [3.63, 3.8) is 0 Å². The lowest BCUT2D eigenvalue weighted by Gasteiger charge is -2.23. The van der Waals surface area contributed by atoms with Crippen LogP contribution in [0.2, 0.25) is 0 Å². The van der Waals surface area contributed by atoms with Crippen LogP contribution in [-0.2, 0) is 4.79 Å². The van der Waals surface area contributed by atoms with E-state index in [0.29, 0.717) is 13.0 Å². The summed E-state index contributed by atoms with van der Waals surface area (Å²) in [5, 5.41) is 3.35. The fourth-order valence-corrected chi connectivity index (χ4v) is 2.72. The minimum absolute atomic E-state index is 0.0193. The predicted octanol–water partition coefficient (Wildman–Crippen LogP) is 2.81. The smallest absolute Gasteiger partial charge is 0.326 e. The second-order valence-electron chi connectivity index (χ2n) is 5.60. The van der Waals surface area contributed by atoms with Crippen molar-refractivity contribution in [2.75, 3.05) is 6.54 Å². The highest BCUT2D eigenvalue weighted by molar-refractivity contribution is 5.91. The number of rotatable bonds is 6. The van der Waals surface area contributed by atoms with Crippen LogP contribution in [0.5, 0.6) is 0 Å². The number of amides is 1. The maximum absolute atomic E-state index is 12.2. The van der Waals surface area contributed by atoms with Crippen LogP contribution in [0.1, 0.15) is 51.9 Å². The third kappa shape index (κ3) is 3.41. The summed E-state index contributed by atoms with van der Waals surface area (Å²) in [5.74, 6) is 0.0953. The Bertz CT molecular complexity index is 339. The average molecular weight is 278 g/mol. The number of carbonyl (C=O) groups excluding carboxylic acids is 1. The molecule has 1 saturated heterocycles. The molecule has 1 N–H and O–H groups in total. The summed E-state index contributed by atoms with van der Waals surface area (Å²) in [6, 6.07) is 0. The summed E-state index contributed by atoms with van der Waals surface area (Å²) in [6.07, 6.45) is -0.753. The lowest BCUT2D eigenvalue weighted by atomic mass is 10.2. The zero-order valence-corrected chi connectivity index (χ0v) is 11.2. The van der Waals surface area contributed by atoms with E-state index in [9.17, 15) is 18.0 Å². The van der Waals surface area contributed by atoms with E-state index in [1.807, 2.05) is 6.92 Å². The standard InChI is InChI=1S/C13H21F3N2O/c1-2-5-10-17-12(7-8-12)11(19)18(10)9-4-3-6-13(14,15)16/h10,17H,2-9H2,1H3. The second kappa shape index (κ2) is 5.31. The molecule has 19 heavy (non-hydrogen) atoms. The van der Waals surface area contributed by atoms with E-state index in [-0.39, 0.29) is 24.0 Å². The van der Waals surface area contributed by atoms with Gasteiger partial charge in [0.25, 0.3) is 0 Å². The molecular formula is C13H21F3N2O. The first-order chi connectivity index (χ1) is 8.88. The van der Waals surface area contributed by atoms with Gasteiger partial charge in [-0.15, -0.1) is 0 Å². The Hall–Kier alpha value is -0.780. The minimum atomic E-state index is -4.09. The zero-order chi connectivity index (χ0) is 14.1. The molecule has 0 bridgehead atoms. The van der Waals surface area contributed by atoms with Gasteiger partial charge in [0.1, 0.15) is 0 Å². The van der Waals surface area contributed by atoms with E-state index >= 15 is 0 Å². The van der Waals surface area contributed by atoms with Gasteiger partial charge in [-0.05, 0) is 32.1 Å². The molecule has 1 heterocycles. The normalized spacial score (nSPS) is 25.4. The highest BCUT2D eigenvalue weighted by Crippen LogP contribution is 2.42. The number of halogens is 3. The first kappa shape index (κ1) is 14.6. The van der Waals surface area contributed by atoms with Crippen molar-refractivity contribution in [1.82, 2.24) is 10.2 Å². The van der Waals surface area contributed by atoms with Crippen LogP contribution >= 0.6 is 0 Å². The minimum Gasteiger partial charge on any atom is -0.326 e. The molecule has 110 valence electrons. The van der Waals surface area contributed by atoms with Crippen LogP contribution in [0.3, 0.4) is 0 Å². The molecule has 0 aromatic rings. The lowest BCUT2D eigenvalue weighted by molar-refractivity contribution is -0.136. The Morgan fingerprint density at radius 3 is 2.58 bits per heavy atom. The number of hydrogen-bond donors (Lipinski definition) is 1. The SMILES string of the molecule is CCCC1NC2(CC2)C(=O)N1CCCCC(F)(F)F. The van der Waals surface area contributed by atoms with Gasteiger partial charge in [0.05, 0.1) is 11.7 Å². The molecule has 1 spiro atoms. The molecule has 0 aromatic heterocycles. The van der Waals surface area contributed by atoms with E-state index < -0.39 is 12.6 Å². The monoisotopic (exact) mass is 278 g/mol. The second-order valence-corrected chi connectivity index (χ2v) is 5.60. The van der Waals surface area contributed by atoms with Gasteiger partial charge in [0.2, 0.25) is 5.91 Å². The van der Waals surface area contributed by atoms with Crippen molar-refractivity contribution in [2.45, 2.75) is 69.8 Å². The van der Waals surface area contributed by atoms with Gasteiger partial charge in [-0.25, -0.2) is 0 Å². The van der Waals surface area contributed by atoms with Crippen LogP contribution in [0, 0.1) is 0 Å². The molecular weight excluding hydrogens is 257 g/mol. The molecule has 1 unspecified atom stereocenters. The highest BCUT2D eigenvalue weighted by atomic mass is 19.4. The van der Waals surface area contributed by atoms with E-state index in [4.69, 9.17) is 0 Å². The van der Waals surface area contributed by atoms with Crippen molar-refractivity contribution in [3.05, 3.63) is 0 Å². The number of nitrogens with one attached hydrogen (secondary N) is 1. The fraction of sp³-hybridized carbons (Fsp3) is 0.923. The quantitative estimate of drug-likeness (QED) is 0.758. The van der Waals surface area contributed by atoms with Gasteiger partial charge in [0, 0.05) is 13.0 Å². The van der Waals surface area contributed by atoms with Gasteiger partial charge >= 0.3 is 6.18 Å². The molecule has 1 atom stereocenters. The van der Waals surface area contributed by atoms with Crippen LogP contribution in [0.4, 0.5) is 13.2 Å². The Kier molecular flexibility index (Phi) is 4.08. The molecule has 1 saturated carbocycles. The fourth-order valence-electron chi connectivity index (χ4n) is 2.72. The number of hydrogen-bond acceptors (Lipinski definition) is 2. The lowest BCUT2D eigenvalue weighted by Crippen LogP contribution is -2.38. The third-order valence-corrected chi connectivity index (χ3v) is 3.91. The summed E-state index contributed by atoms with van der Waals surface area (Å²) in [7, 11) is 0. The van der Waals surface area contributed by atoms with Gasteiger partial charge in [-0.1, -0.05) is 13.3 Å². The van der Waals surface area contributed by atoms with Crippen molar-refractivity contribution in [3.8, 4) is 0 Å². The molecule has 2 fully saturated rings. The van der Waals surface area contributed by atoms with Gasteiger partial charge in [0.15, 0.2) is 0 Å². The van der Waals surface area contributed by atoms with Crippen molar-refractivity contribution < 1.29 is 18.0 Å². The third-order valence-electron chi connectivity index (χ3n) is 3.91. The topological polar surface area (TPSA) is 32.3 Å². The molecule has 2 aliphatic rings. The highest BCUT2D eigenvalue weighted by Gasteiger charge is 2.58. The summed E-state index contributed by atoms with van der Waals surface area (Å²) in [5.41, 5.74) is -0.357. The number of carbonyl (C=O) groups is 1. The predicted molar refractivity (Wildman–Crippen MR) is 65.4 cm³/mol. The van der Waals surface area contributed by atoms with E-state index in [2.05, 4.69) is 5.32 Å². The molecule has 1 amide bonds. The van der Waals surface area contributed by atoms with Crippen molar-refractivity contribution >= 4 is 5.91 Å². The molecule has 2 rings (SSSR count). The van der Waals surface area contributed by atoms with E-state index in [1.165, 1.54) is 0 Å². The van der Waals surface area contributed by atoms with Crippen LogP contribution < -0.4 is 5.32 Å². The Morgan fingerprint density at radius 1 is 1.37 bits per heavy atom. The van der Waals surface area contributed by atoms with Gasteiger partial charge < -0.3 is 4.90 Å². The van der Waals surface area contributed by atoms with E-state index in [1.54, 1.807) is 4.90 Å². The summed E-state index contributed by atoms with van der Waals surface area (Å²) >= 11 is 0. The number of nitrogens with zero attached hydrogens (tertiary/aromatic N) is 1. The molecule has 1 aliphatic heterocycles. The Labute approximate surface area is 111 Å². The Balaban J connectivity index is 1.81. The summed E-state index contributed by atoms with van der Waals surface area (Å²) < 4.78 is 36.2. The molecule has 0 radical (unpaired) electrons. The van der Waals surface area contributed by atoms with Crippen LogP contribution in [0.25, 0.3) is 0 Å². The molecule has 3 nitrogen and oxygen atoms in total. The number of unbranched alkanes of at least 4 members (excludes halogenated alkanes) is 1.